The van der Waals surface area contributed by atoms with Crippen molar-refractivity contribution in [3.63, 3.8) is 0 Å². The van der Waals surface area contributed by atoms with E-state index in [9.17, 15) is 4.79 Å². The molecule has 5 nitrogen and oxygen atoms in total. The number of rotatable bonds is 5. The first-order chi connectivity index (χ1) is 13.2. The second-order valence-electron chi connectivity index (χ2n) is 7.20. The van der Waals surface area contributed by atoms with Crippen LogP contribution >= 0.6 is 0 Å². The molecule has 5 heteroatoms. The van der Waals surface area contributed by atoms with Crippen molar-refractivity contribution in [3.8, 4) is 0 Å². The molecule has 0 unspecified atom stereocenters. The van der Waals surface area contributed by atoms with Crippen molar-refractivity contribution in [1.29, 1.82) is 0 Å². The summed E-state index contributed by atoms with van der Waals surface area (Å²) in [5, 5.41) is 1.16. The van der Waals surface area contributed by atoms with Gasteiger partial charge in [-0.3, -0.25) is 9.78 Å². The number of aryl methyl sites for hydroxylation is 1. The highest BCUT2D eigenvalue weighted by atomic mass is 16.5. The molecule has 0 aliphatic carbocycles. The minimum atomic E-state index is 0.0808. The molecule has 3 aromatic rings. The molecular weight excluding hydrogens is 338 g/mol. The topological polar surface area (TPSA) is 47.4 Å². The van der Waals surface area contributed by atoms with Crippen LogP contribution < -0.4 is 0 Å². The van der Waals surface area contributed by atoms with Crippen LogP contribution in [-0.4, -0.2) is 39.6 Å². The molecule has 0 spiro atoms. The first kappa shape index (κ1) is 17.7. The lowest BCUT2D eigenvalue weighted by Gasteiger charge is -2.32. The van der Waals surface area contributed by atoms with Crippen molar-refractivity contribution in [2.24, 2.45) is 7.05 Å². The van der Waals surface area contributed by atoms with Gasteiger partial charge in [0.05, 0.1) is 24.8 Å². The molecule has 1 saturated heterocycles. The monoisotopic (exact) mass is 363 g/mol. The number of amides is 1. The van der Waals surface area contributed by atoms with Gasteiger partial charge in [-0.05, 0) is 36.6 Å². The number of pyridine rings is 1. The van der Waals surface area contributed by atoms with E-state index in [4.69, 9.17) is 4.74 Å². The highest BCUT2D eigenvalue weighted by molar-refractivity contribution is 5.89. The second kappa shape index (κ2) is 7.92. The smallest absolute Gasteiger partial charge is 0.227 e. The lowest BCUT2D eigenvalue weighted by Crippen LogP contribution is -2.43. The van der Waals surface area contributed by atoms with Gasteiger partial charge in [0.25, 0.3) is 0 Å². The zero-order chi connectivity index (χ0) is 18.6. The average Bonchev–Trinajstić information content (AvgIpc) is 3.03. The molecule has 0 bridgehead atoms. The molecule has 4 rings (SSSR count). The normalized spacial score (nSPS) is 17.4. The maximum Gasteiger partial charge on any atom is 0.227 e. The fourth-order valence-electron chi connectivity index (χ4n) is 3.83. The van der Waals surface area contributed by atoms with Gasteiger partial charge in [-0.15, -0.1) is 0 Å². The van der Waals surface area contributed by atoms with Gasteiger partial charge in [0, 0.05) is 43.4 Å². The van der Waals surface area contributed by atoms with Gasteiger partial charge in [0.2, 0.25) is 5.91 Å². The minimum Gasteiger partial charge on any atom is -0.370 e. The third-order valence-corrected chi connectivity index (χ3v) is 5.25. The minimum absolute atomic E-state index is 0.0808. The van der Waals surface area contributed by atoms with Crippen LogP contribution in [0.25, 0.3) is 10.9 Å². The number of carbonyl (C=O) groups is 1. The number of hydrogen-bond acceptors (Lipinski definition) is 3. The van der Waals surface area contributed by atoms with Crippen molar-refractivity contribution in [3.05, 3.63) is 66.1 Å². The number of fused-ring (bicyclic) bond motifs is 1. The summed E-state index contributed by atoms with van der Waals surface area (Å²) in [7, 11) is 2.03. The van der Waals surface area contributed by atoms with E-state index >= 15 is 0 Å². The molecule has 27 heavy (non-hydrogen) atoms. The number of benzene rings is 1. The zero-order valence-corrected chi connectivity index (χ0v) is 15.7. The van der Waals surface area contributed by atoms with Gasteiger partial charge in [0.15, 0.2) is 0 Å². The first-order valence-corrected chi connectivity index (χ1v) is 9.53. The summed E-state index contributed by atoms with van der Waals surface area (Å²) in [6, 6.07) is 14.1. The van der Waals surface area contributed by atoms with Gasteiger partial charge < -0.3 is 14.2 Å². The van der Waals surface area contributed by atoms with Gasteiger partial charge in [0.1, 0.15) is 0 Å². The van der Waals surface area contributed by atoms with Crippen LogP contribution in [0.4, 0.5) is 0 Å². The number of piperidine rings is 1. The highest BCUT2D eigenvalue weighted by Crippen LogP contribution is 2.22. The van der Waals surface area contributed by atoms with E-state index in [0.29, 0.717) is 19.6 Å². The molecular formula is C22H25N3O2. The third kappa shape index (κ3) is 4.03. The maximum absolute atomic E-state index is 12.9. The molecule has 1 atom stereocenters. The van der Waals surface area contributed by atoms with E-state index in [1.165, 1.54) is 0 Å². The average molecular weight is 363 g/mol. The Bertz CT molecular complexity index is 920. The number of ether oxygens (including phenoxy) is 1. The maximum atomic E-state index is 12.9. The molecule has 1 aromatic carbocycles. The molecule has 140 valence electrons. The van der Waals surface area contributed by atoms with Crippen molar-refractivity contribution >= 4 is 16.8 Å². The number of aromatic nitrogens is 2. The standard InChI is InChI=1S/C22H25N3O2/c1-24-14-17(20-9-2-3-10-21(20)24)13-22(26)25-12-6-8-19(15-25)27-16-18-7-4-5-11-23-18/h2-5,7,9-11,14,19H,6,8,12-13,15-16H2,1H3/t19-/m0/s1. The van der Waals surface area contributed by atoms with Crippen LogP contribution in [-0.2, 0) is 29.6 Å². The Kier molecular flexibility index (Phi) is 5.21. The van der Waals surface area contributed by atoms with Gasteiger partial charge in [-0.25, -0.2) is 0 Å². The summed E-state index contributed by atoms with van der Waals surface area (Å²) in [4.78, 5) is 19.1. The molecule has 1 fully saturated rings. The lowest BCUT2D eigenvalue weighted by atomic mass is 10.1. The Morgan fingerprint density at radius 3 is 2.93 bits per heavy atom. The zero-order valence-electron chi connectivity index (χ0n) is 15.7. The Balaban J connectivity index is 1.38. The number of hydrogen-bond donors (Lipinski definition) is 0. The number of nitrogens with zero attached hydrogens (tertiary/aromatic N) is 3. The third-order valence-electron chi connectivity index (χ3n) is 5.25. The summed E-state index contributed by atoms with van der Waals surface area (Å²) in [6.07, 6.45) is 6.34. The van der Waals surface area contributed by atoms with E-state index in [1.54, 1.807) is 6.20 Å². The van der Waals surface area contributed by atoms with Crippen LogP contribution in [0.2, 0.25) is 0 Å². The predicted octanol–water partition coefficient (Wildman–Crippen LogP) is 3.32. The Hall–Kier alpha value is -2.66. The van der Waals surface area contributed by atoms with E-state index in [-0.39, 0.29) is 12.0 Å². The number of para-hydroxylation sites is 1. The molecule has 1 aliphatic heterocycles. The Morgan fingerprint density at radius 1 is 1.22 bits per heavy atom. The van der Waals surface area contributed by atoms with Gasteiger partial charge in [-0.2, -0.15) is 0 Å². The quantitative estimate of drug-likeness (QED) is 0.699. The largest absolute Gasteiger partial charge is 0.370 e. The fraction of sp³-hybridized carbons (Fsp3) is 0.364. The molecule has 0 N–H and O–H groups in total. The van der Waals surface area contributed by atoms with Gasteiger partial charge in [-0.1, -0.05) is 24.3 Å². The van der Waals surface area contributed by atoms with Crippen LogP contribution in [0.1, 0.15) is 24.1 Å². The fourth-order valence-corrected chi connectivity index (χ4v) is 3.83. The van der Waals surface area contributed by atoms with E-state index < -0.39 is 0 Å². The molecule has 0 radical (unpaired) electrons. The van der Waals surface area contributed by atoms with E-state index in [2.05, 4.69) is 27.9 Å². The molecule has 1 aliphatic rings. The van der Waals surface area contributed by atoms with Crippen molar-refractivity contribution in [2.75, 3.05) is 13.1 Å². The number of likely N-dealkylation sites (tertiary alicyclic amines) is 1. The summed E-state index contributed by atoms with van der Waals surface area (Å²) in [5.41, 5.74) is 3.18. The van der Waals surface area contributed by atoms with Crippen LogP contribution in [0.3, 0.4) is 0 Å². The van der Waals surface area contributed by atoms with Crippen molar-refractivity contribution in [1.82, 2.24) is 14.5 Å². The van der Waals surface area contributed by atoms with E-state index in [1.807, 2.05) is 42.3 Å². The van der Waals surface area contributed by atoms with Crippen LogP contribution in [0.15, 0.2) is 54.9 Å². The van der Waals surface area contributed by atoms with E-state index in [0.717, 1.165) is 41.5 Å². The molecule has 0 saturated carbocycles. The van der Waals surface area contributed by atoms with Crippen molar-refractivity contribution in [2.45, 2.75) is 32.0 Å². The first-order valence-electron chi connectivity index (χ1n) is 9.53. The summed E-state index contributed by atoms with van der Waals surface area (Å²) < 4.78 is 8.10. The van der Waals surface area contributed by atoms with Crippen LogP contribution in [0, 0.1) is 0 Å². The van der Waals surface area contributed by atoms with Crippen LogP contribution in [0.5, 0.6) is 0 Å². The Labute approximate surface area is 159 Å². The predicted molar refractivity (Wildman–Crippen MR) is 105 cm³/mol. The highest BCUT2D eigenvalue weighted by Gasteiger charge is 2.25. The number of carbonyl (C=O) groups excluding carboxylic acids is 1. The SMILES string of the molecule is Cn1cc(CC(=O)N2CCC[C@H](OCc3ccccn3)C2)c2ccccc21. The van der Waals surface area contributed by atoms with Crippen molar-refractivity contribution < 1.29 is 9.53 Å². The second-order valence-corrected chi connectivity index (χ2v) is 7.20. The van der Waals surface area contributed by atoms with Gasteiger partial charge >= 0.3 is 0 Å². The summed E-state index contributed by atoms with van der Waals surface area (Å²) >= 11 is 0. The summed E-state index contributed by atoms with van der Waals surface area (Å²) in [6.45, 7) is 1.97. The summed E-state index contributed by atoms with van der Waals surface area (Å²) in [5.74, 6) is 0.178. The molecule has 1 amide bonds. The molecule has 2 aromatic heterocycles. The molecule has 3 heterocycles. The Morgan fingerprint density at radius 2 is 2.07 bits per heavy atom. The lowest BCUT2D eigenvalue weighted by molar-refractivity contribution is -0.134.